The van der Waals surface area contributed by atoms with E-state index in [4.69, 9.17) is 44.9 Å². The number of anilines is 1. The summed E-state index contributed by atoms with van der Waals surface area (Å²) in [5.41, 5.74) is 1.90. The minimum atomic E-state index is 0.561. The van der Waals surface area contributed by atoms with Gasteiger partial charge in [0.15, 0.2) is 16.6 Å². The molecule has 2 aromatic rings. The monoisotopic (exact) mass is 398 g/mol. The number of halogens is 2. The van der Waals surface area contributed by atoms with Gasteiger partial charge in [-0.2, -0.15) is 0 Å². The van der Waals surface area contributed by atoms with Gasteiger partial charge in [0.25, 0.3) is 0 Å². The van der Waals surface area contributed by atoms with Crippen LogP contribution in [0.2, 0.25) is 10.0 Å². The van der Waals surface area contributed by atoms with E-state index in [1.807, 2.05) is 30.1 Å². The molecule has 0 unspecified atom stereocenters. The van der Waals surface area contributed by atoms with E-state index in [0.717, 1.165) is 35.7 Å². The van der Waals surface area contributed by atoms with Crippen molar-refractivity contribution in [1.29, 1.82) is 0 Å². The quantitative estimate of drug-likeness (QED) is 0.701. The molecule has 0 fully saturated rings. The first-order valence-electron chi connectivity index (χ1n) is 7.62. The highest BCUT2D eigenvalue weighted by Gasteiger charge is 2.08. The summed E-state index contributed by atoms with van der Waals surface area (Å²) in [6.07, 6.45) is 0.814. The zero-order chi connectivity index (χ0) is 18.4. The maximum absolute atomic E-state index is 6.00. The van der Waals surface area contributed by atoms with Crippen molar-refractivity contribution < 1.29 is 9.47 Å². The molecule has 2 rings (SSSR count). The van der Waals surface area contributed by atoms with Gasteiger partial charge in [-0.05, 0) is 54.5 Å². The molecule has 0 aliphatic heterocycles. The summed E-state index contributed by atoms with van der Waals surface area (Å²) in [6.45, 7) is 0.746. The Bertz CT molecular complexity index is 736. The van der Waals surface area contributed by atoms with Crippen LogP contribution in [0.5, 0.6) is 11.5 Å². The third kappa shape index (κ3) is 5.66. The van der Waals surface area contributed by atoms with Crippen molar-refractivity contribution in [2.45, 2.75) is 6.42 Å². The first kappa shape index (κ1) is 19.6. The summed E-state index contributed by atoms with van der Waals surface area (Å²) in [7, 11) is 5.18. The first-order chi connectivity index (χ1) is 11.9. The van der Waals surface area contributed by atoms with Crippen LogP contribution in [0.4, 0.5) is 5.69 Å². The number of benzene rings is 2. The highest BCUT2D eigenvalue weighted by Crippen LogP contribution is 2.27. The number of thiocarbonyl (C=S) groups is 1. The summed E-state index contributed by atoms with van der Waals surface area (Å²) in [5.74, 6) is 1.44. The van der Waals surface area contributed by atoms with Crippen LogP contribution in [0.15, 0.2) is 36.4 Å². The maximum Gasteiger partial charge on any atom is 0.173 e. The molecular formula is C18H20Cl2N2O2S. The number of hydrogen-bond donors (Lipinski definition) is 1. The topological polar surface area (TPSA) is 33.7 Å². The lowest BCUT2D eigenvalue weighted by Crippen LogP contribution is -2.32. The number of ether oxygens (including phenoxy) is 2. The van der Waals surface area contributed by atoms with Crippen LogP contribution in [-0.2, 0) is 6.42 Å². The van der Waals surface area contributed by atoms with Crippen molar-refractivity contribution in [1.82, 2.24) is 4.90 Å². The second kappa shape index (κ2) is 9.13. The van der Waals surface area contributed by atoms with E-state index in [-0.39, 0.29) is 0 Å². The predicted octanol–water partition coefficient (Wildman–Crippen LogP) is 4.88. The summed E-state index contributed by atoms with van der Waals surface area (Å²) in [5, 5.41) is 4.86. The average molecular weight is 399 g/mol. The fourth-order valence-electron chi connectivity index (χ4n) is 2.28. The summed E-state index contributed by atoms with van der Waals surface area (Å²) >= 11 is 17.4. The number of methoxy groups -OCH3 is 2. The predicted molar refractivity (Wildman–Crippen MR) is 109 cm³/mol. The Balaban J connectivity index is 1.95. The van der Waals surface area contributed by atoms with Gasteiger partial charge >= 0.3 is 0 Å². The van der Waals surface area contributed by atoms with Gasteiger partial charge in [0.05, 0.1) is 14.2 Å². The standard InChI is InChI=1S/C18H20Cl2N2O2S/c1-22(18(25)21-15-10-13(19)9-14(20)11-15)7-6-12-4-5-16(23-2)17(8-12)24-3/h4-5,8-11H,6-7H2,1-3H3,(H,21,25). The first-order valence-corrected chi connectivity index (χ1v) is 8.78. The van der Waals surface area contributed by atoms with Gasteiger partial charge in [0, 0.05) is 29.3 Å². The van der Waals surface area contributed by atoms with Crippen molar-refractivity contribution in [2.75, 3.05) is 33.1 Å². The van der Waals surface area contributed by atoms with E-state index >= 15 is 0 Å². The number of likely N-dealkylation sites (N-methyl/N-ethyl adjacent to an activating group) is 1. The summed E-state index contributed by atoms with van der Waals surface area (Å²) < 4.78 is 10.6. The Hall–Kier alpha value is -1.69. The number of nitrogens with zero attached hydrogens (tertiary/aromatic N) is 1. The van der Waals surface area contributed by atoms with Crippen molar-refractivity contribution in [3.63, 3.8) is 0 Å². The molecule has 7 heteroatoms. The van der Waals surface area contributed by atoms with Crippen molar-refractivity contribution in [3.8, 4) is 11.5 Å². The minimum absolute atomic E-state index is 0.561. The van der Waals surface area contributed by atoms with Crippen LogP contribution in [0.1, 0.15) is 5.56 Å². The van der Waals surface area contributed by atoms with Gasteiger partial charge in [0.2, 0.25) is 0 Å². The van der Waals surface area contributed by atoms with Crippen LogP contribution < -0.4 is 14.8 Å². The molecule has 0 aliphatic carbocycles. The number of hydrogen-bond acceptors (Lipinski definition) is 3. The number of nitrogens with one attached hydrogen (secondary N) is 1. The molecule has 0 saturated carbocycles. The lowest BCUT2D eigenvalue weighted by molar-refractivity contribution is 0.354. The Morgan fingerprint density at radius 3 is 2.28 bits per heavy atom. The van der Waals surface area contributed by atoms with Gasteiger partial charge in [-0.1, -0.05) is 29.3 Å². The maximum atomic E-state index is 6.00. The van der Waals surface area contributed by atoms with E-state index in [0.29, 0.717) is 15.2 Å². The second-order valence-corrected chi connectivity index (χ2v) is 6.71. The molecule has 0 amide bonds. The molecule has 0 heterocycles. The molecule has 2 aromatic carbocycles. The SMILES string of the molecule is COc1ccc(CCN(C)C(=S)Nc2cc(Cl)cc(Cl)c2)cc1OC. The lowest BCUT2D eigenvalue weighted by Gasteiger charge is -2.21. The van der Waals surface area contributed by atoms with Gasteiger partial charge in [-0.25, -0.2) is 0 Å². The van der Waals surface area contributed by atoms with E-state index in [2.05, 4.69) is 5.32 Å². The molecule has 0 saturated heterocycles. The fraction of sp³-hybridized carbons (Fsp3) is 0.278. The Kier molecular flexibility index (Phi) is 7.17. The molecule has 0 aliphatic rings. The highest BCUT2D eigenvalue weighted by atomic mass is 35.5. The molecule has 0 aromatic heterocycles. The zero-order valence-electron chi connectivity index (χ0n) is 14.3. The molecular weight excluding hydrogens is 379 g/mol. The Morgan fingerprint density at radius 2 is 1.68 bits per heavy atom. The molecule has 0 bridgehead atoms. The fourth-order valence-corrected chi connectivity index (χ4v) is 3.01. The molecule has 0 radical (unpaired) electrons. The molecule has 1 N–H and O–H groups in total. The Morgan fingerprint density at radius 1 is 1.04 bits per heavy atom. The van der Waals surface area contributed by atoms with Crippen LogP contribution in [0.3, 0.4) is 0 Å². The van der Waals surface area contributed by atoms with Crippen molar-refractivity contribution in [3.05, 3.63) is 52.0 Å². The van der Waals surface area contributed by atoms with Gasteiger partial charge in [-0.15, -0.1) is 0 Å². The van der Waals surface area contributed by atoms with Gasteiger partial charge < -0.3 is 19.7 Å². The Labute approximate surface area is 163 Å². The minimum Gasteiger partial charge on any atom is -0.493 e. The number of rotatable bonds is 6. The lowest BCUT2D eigenvalue weighted by atomic mass is 10.1. The van der Waals surface area contributed by atoms with Gasteiger partial charge in [-0.3, -0.25) is 0 Å². The van der Waals surface area contributed by atoms with Gasteiger partial charge in [0.1, 0.15) is 0 Å². The van der Waals surface area contributed by atoms with Crippen molar-refractivity contribution >= 4 is 46.2 Å². The van der Waals surface area contributed by atoms with E-state index in [1.165, 1.54) is 0 Å². The van der Waals surface area contributed by atoms with Crippen LogP contribution in [0, 0.1) is 0 Å². The third-order valence-corrected chi connectivity index (χ3v) is 4.49. The molecule has 25 heavy (non-hydrogen) atoms. The van der Waals surface area contributed by atoms with E-state index < -0.39 is 0 Å². The van der Waals surface area contributed by atoms with Crippen LogP contribution in [-0.4, -0.2) is 37.8 Å². The van der Waals surface area contributed by atoms with Crippen LogP contribution >= 0.6 is 35.4 Å². The zero-order valence-corrected chi connectivity index (χ0v) is 16.6. The second-order valence-electron chi connectivity index (χ2n) is 5.45. The average Bonchev–Trinajstić information content (AvgIpc) is 2.58. The van der Waals surface area contributed by atoms with E-state index in [1.54, 1.807) is 32.4 Å². The summed E-state index contributed by atoms with van der Waals surface area (Å²) in [6, 6.07) is 11.1. The van der Waals surface area contributed by atoms with Crippen LogP contribution in [0.25, 0.3) is 0 Å². The largest absolute Gasteiger partial charge is 0.493 e. The molecule has 4 nitrogen and oxygen atoms in total. The highest BCUT2D eigenvalue weighted by molar-refractivity contribution is 7.80. The normalized spacial score (nSPS) is 10.3. The smallest absolute Gasteiger partial charge is 0.173 e. The van der Waals surface area contributed by atoms with E-state index in [9.17, 15) is 0 Å². The van der Waals surface area contributed by atoms with Crippen molar-refractivity contribution in [2.24, 2.45) is 0 Å². The third-order valence-electron chi connectivity index (χ3n) is 3.64. The molecule has 134 valence electrons. The summed E-state index contributed by atoms with van der Waals surface area (Å²) in [4.78, 5) is 1.96. The molecule has 0 spiro atoms. The molecule has 0 atom stereocenters.